The highest BCUT2D eigenvalue weighted by Gasteiger charge is 2.29. The van der Waals surface area contributed by atoms with Crippen LogP contribution in [-0.2, 0) is 0 Å². The molecule has 0 bridgehead atoms. The van der Waals surface area contributed by atoms with Crippen LogP contribution in [0.15, 0.2) is 0 Å². The van der Waals surface area contributed by atoms with E-state index >= 15 is 0 Å². The third-order valence-corrected chi connectivity index (χ3v) is 3.45. The summed E-state index contributed by atoms with van der Waals surface area (Å²) in [6.45, 7) is 0. The lowest BCUT2D eigenvalue weighted by atomic mass is 9.88. The number of nitriles is 2. The summed E-state index contributed by atoms with van der Waals surface area (Å²) in [5.74, 6) is 0. The highest BCUT2D eigenvalue weighted by Crippen LogP contribution is 2.25. The average molecular weight is 234 g/mol. The Kier molecular flexibility index (Phi) is 5.97. The minimum absolute atomic E-state index is 0.206. The molecule has 0 radical (unpaired) electrons. The molecule has 1 rings (SSSR count). The molecule has 1 aliphatic rings. The van der Waals surface area contributed by atoms with Gasteiger partial charge in [-0.1, -0.05) is 19.3 Å². The molecule has 0 spiro atoms. The minimum Gasteiger partial charge on any atom is -0.313 e. The zero-order chi connectivity index (χ0) is 12.6. The van der Waals surface area contributed by atoms with Crippen LogP contribution in [0.5, 0.6) is 0 Å². The van der Waals surface area contributed by atoms with Crippen molar-refractivity contribution in [3.05, 3.63) is 0 Å². The van der Waals surface area contributed by atoms with Gasteiger partial charge < -0.3 is 5.73 Å². The van der Waals surface area contributed by atoms with E-state index in [1.54, 1.807) is 0 Å². The Bertz CT molecular complexity index is 276. The summed E-state index contributed by atoms with van der Waals surface area (Å²) >= 11 is 0. The van der Waals surface area contributed by atoms with Gasteiger partial charge in [0.25, 0.3) is 0 Å². The standard InChI is InChI=1S/C13H22N4/c14-10-4-6-12(7-5-11-15)17-13(16)8-2-1-3-9-13/h12,17H,1-9,16H2. The predicted octanol–water partition coefficient (Wildman–Crippen LogP) is 2.17. The van der Waals surface area contributed by atoms with Crippen molar-refractivity contribution in [2.45, 2.75) is 69.5 Å². The van der Waals surface area contributed by atoms with E-state index in [4.69, 9.17) is 16.3 Å². The number of hydrogen-bond donors (Lipinski definition) is 2. The molecule has 4 nitrogen and oxygen atoms in total. The Hall–Kier alpha value is -1.10. The maximum Gasteiger partial charge on any atom is 0.0664 e. The van der Waals surface area contributed by atoms with Gasteiger partial charge in [0.2, 0.25) is 0 Å². The zero-order valence-electron chi connectivity index (χ0n) is 10.4. The van der Waals surface area contributed by atoms with E-state index in [2.05, 4.69) is 17.5 Å². The van der Waals surface area contributed by atoms with Gasteiger partial charge in [-0.15, -0.1) is 0 Å². The molecule has 0 atom stereocenters. The first-order valence-corrected chi connectivity index (χ1v) is 6.51. The first-order chi connectivity index (χ1) is 8.20. The summed E-state index contributed by atoms with van der Waals surface area (Å²) in [6, 6.07) is 4.53. The van der Waals surface area contributed by atoms with Crippen LogP contribution in [0.3, 0.4) is 0 Å². The van der Waals surface area contributed by atoms with E-state index in [1.165, 1.54) is 19.3 Å². The Morgan fingerprint density at radius 3 is 2.06 bits per heavy atom. The highest BCUT2D eigenvalue weighted by molar-refractivity contribution is 4.90. The van der Waals surface area contributed by atoms with E-state index in [0.29, 0.717) is 12.8 Å². The van der Waals surface area contributed by atoms with Crippen LogP contribution in [0.4, 0.5) is 0 Å². The van der Waals surface area contributed by atoms with Crippen LogP contribution >= 0.6 is 0 Å². The lowest BCUT2D eigenvalue weighted by molar-refractivity contribution is 0.205. The first-order valence-electron chi connectivity index (χ1n) is 6.51. The third-order valence-electron chi connectivity index (χ3n) is 3.45. The fourth-order valence-corrected chi connectivity index (χ4v) is 2.50. The molecule has 0 unspecified atom stereocenters. The van der Waals surface area contributed by atoms with Gasteiger partial charge >= 0.3 is 0 Å². The topological polar surface area (TPSA) is 85.6 Å². The van der Waals surface area contributed by atoms with E-state index in [-0.39, 0.29) is 11.7 Å². The van der Waals surface area contributed by atoms with Crippen molar-refractivity contribution in [1.82, 2.24) is 5.32 Å². The van der Waals surface area contributed by atoms with Crippen LogP contribution in [0.25, 0.3) is 0 Å². The highest BCUT2D eigenvalue weighted by atomic mass is 15.1. The molecule has 0 heterocycles. The van der Waals surface area contributed by atoms with Gasteiger partial charge in [0.05, 0.1) is 17.8 Å². The molecule has 1 aliphatic carbocycles. The lowest BCUT2D eigenvalue weighted by Crippen LogP contribution is -2.58. The molecule has 3 N–H and O–H groups in total. The summed E-state index contributed by atoms with van der Waals surface area (Å²) < 4.78 is 0. The maximum absolute atomic E-state index is 8.64. The van der Waals surface area contributed by atoms with E-state index in [1.807, 2.05) is 0 Å². The largest absolute Gasteiger partial charge is 0.313 e. The predicted molar refractivity (Wildman–Crippen MR) is 66.6 cm³/mol. The molecule has 0 aromatic carbocycles. The fraction of sp³-hybridized carbons (Fsp3) is 0.846. The van der Waals surface area contributed by atoms with Crippen LogP contribution in [0.2, 0.25) is 0 Å². The molecule has 4 heteroatoms. The molecular formula is C13H22N4. The second-order valence-electron chi connectivity index (χ2n) is 4.95. The van der Waals surface area contributed by atoms with Crippen LogP contribution in [-0.4, -0.2) is 11.7 Å². The Balaban J connectivity index is 2.45. The number of hydrogen-bond acceptors (Lipinski definition) is 4. The zero-order valence-corrected chi connectivity index (χ0v) is 10.4. The lowest BCUT2D eigenvalue weighted by Gasteiger charge is -2.37. The van der Waals surface area contributed by atoms with Crippen molar-refractivity contribution in [2.75, 3.05) is 0 Å². The van der Waals surface area contributed by atoms with Gasteiger partial charge in [-0.25, -0.2) is 0 Å². The Labute approximate surface area is 104 Å². The normalized spacial score (nSPS) is 18.6. The number of nitrogens with zero attached hydrogens (tertiary/aromatic N) is 2. The van der Waals surface area contributed by atoms with Crippen molar-refractivity contribution in [3.63, 3.8) is 0 Å². The molecule has 17 heavy (non-hydrogen) atoms. The van der Waals surface area contributed by atoms with Crippen LogP contribution < -0.4 is 11.1 Å². The van der Waals surface area contributed by atoms with Gasteiger partial charge in [-0.2, -0.15) is 10.5 Å². The summed E-state index contributed by atoms with van der Waals surface area (Å²) in [5, 5.41) is 20.8. The van der Waals surface area contributed by atoms with E-state index in [9.17, 15) is 0 Å². The molecule has 1 fully saturated rings. The fourth-order valence-electron chi connectivity index (χ4n) is 2.50. The monoisotopic (exact) mass is 234 g/mol. The van der Waals surface area contributed by atoms with Gasteiger partial charge in [0.15, 0.2) is 0 Å². The number of nitrogens with two attached hydrogens (primary N) is 1. The maximum atomic E-state index is 8.64. The molecule has 94 valence electrons. The third kappa shape index (κ3) is 5.17. The first kappa shape index (κ1) is 14.0. The molecule has 0 aromatic rings. The summed E-state index contributed by atoms with van der Waals surface area (Å²) in [6.07, 6.45) is 8.25. The Morgan fingerprint density at radius 1 is 1.06 bits per heavy atom. The summed E-state index contributed by atoms with van der Waals surface area (Å²) in [4.78, 5) is 0. The molecule has 0 aliphatic heterocycles. The summed E-state index contributed by atoms with van der Waals surface area (Å²) in [5.41, 5.74) is 6.06. The van der Waals surface area contributed by atoms with Gasteiger partial charge in [0.1, 0.15) is 0 Å². The van der Waals surface area contributed by atoms with Crippen LogP contribution in [0, 0.1) is 22.7 Å². The van der Waals surface area contributed by atoms with Crippen molar-refractivity contribution in [2.24, 2.45) is 5.73 Å². The van der Waals surface area contributed by atoms with Gasteiger partial charge in [-0.05, 0) is 25.7 Å². The smallest absolute Gasteiger partial charge is 0.0664 e. The molecule has 1 saturated carbocycles. The van der Waals surface area contributed by atoms with E-state index < -0.39 is 0 Å². The average Bonchev–Trinajstić information content (AvgIpc) is 2.33. The van der Waals surface area contributed by atoms with E-state index in [0.717, 1.165) is 25.7 Å². The van der Waals surface area contributed by atoms with Gasteiger partial charge in [0, 0.05) is 18.9 Å². The SMILES string of the molecule is N#CCCC(CCC#N)NC1(N)CCCCC1. The number of nitrogens with one attached hydrogen (secondary N) is 1. The second kappa shape index (κ2) is 7.27. The van der Waals surface area contributed by atoms with Gasteiger partial charge in [-0.3, -0.25) is 5.32 Å². The second-order valence-corrected chi connectivity index (χ2v) is 4.95. The van der Waals surface area contributed by atoms with Crippen molar-refractivity contribution >= 4 is 0 Å². The summed E-state index contributed by atoms with van der Waals surface area (Å²) in [7, 11) is 0. The molecule has 0 amide bonds. The Morgan fingerprint density at radius 2 is 1.59 bits per heavy atom. The minimum atomic E-state index is -0.270. The molecular weight excluding hydrogens is 212 g/mol. The van der Waals surface area contributed by atoms with Crippen molar-refractivity contribution < 1.29 is 0 Å². The number of rotatable bonds is 6. The van der Waals surface area contributed by atoms with Crippen molar-refractivity contribution in [3.8, 4) is 12.1 Å². The van der Waals surface area contributed by atoms with Crippen molar-refractivity contribution in [1.29, 1.82) is 10.5 Å². The molecule has 0 saturated heterocycles. The quantitative estimate of drug-likeness (QED) is 0.690. The van der Waals surface area contributed by atoms with Crippen LogP contribution in [0.1, 0.15) is 57.8 Å². The molecule has 0 aromatic heterocycles.